The lowest BCUT2D eigenvalue weighted by atomic mass is 10.1. The summed E-state index contributed by atoms with van der Waals surface area (Å²) < 4.78 is 5.08. The maximum atomic E-state index is 12.1. The first-order chi connectivity index (χ1) is 9.52. The molecule has 0 radical (unpaired) electrons. The van der Waals surface area contributed by atoms with E-state index in [0.29, 0.717) is 11.3 Å². The lowest BCUT2D eigenvalue weighted by Gasteiger charge is -2.13. The van der Waals surface area contributed by atoms with Crippen LogP contribution in [-0.2, 0) is 0 Å². The van der Waals surface area contributed by atoms with Gasteiger partial charge < -0.3 is 9.84 Å². The molecule has 0 aliphatic rings. The predicted molar refractivity (Wildman–Crippen MR) is 70.8 cm³/mol. The molecule has 2 heterocycles. The Kier molecular flexibility index (Phi) is 3.80. The van der Waals surface area contributed by atoms with Gasteiger partial charge in [0, 0.05) is 11.8 Å². The van der Waals surface area contributed by atoms with E-state index in [9.17, 15) is 4.79 Å². The van der Waals surface area contributed by atoms with Crippen molar-refractivity contribution < 1.29 is 9.32 Å². The van der Waals surface area contributed by atoms with Crippen LogP contribution < -0.4 is 5.32 Å². The molecule has 102 valence electrons. The standard InChI is InChI=1S/C14H14N4O2/c1-8(13-9(2)18-20-10(13)3)17-14(19)12-5-4-11(6-15)7-16-12/h4-5,7-8H,1-3H3,(H,17,19). The van der Waals surface area contributed by atoms with Gasteiger partial charge in [-0.2, -0.15) is 5.26 Å². The summed E-state index contributed by atoms with van der Waals surface area (Å²) >= 11 is 0. The Bertz CT molecular complexity index is 648. The predicted octanol–water partition coefficient (Wildman–Crippen LogP) is 2.05. The molecule has 1 unspecified atom stereocenters. The summed E-state index contributed by atoms with van der Waals surface area (Å²) in [6.45, 7) is 5.49. The van der Waals surface area contributed by atoms with Gasteiger partial charge in [0.25, 0.3) is 5.91 Å². The number of nitrogens with zero attached hydrogens (tertiary/aromatic N) is 3. The van der Waals surface area contributed by atoms with Crippen LogP contribution >= 0.6 is 0 Å². The van der Waals surface area contributed by atoms with Gasteiger partial charge in [-0.1, -0.05) is 5.16 Å². The highest BCUT2D eigenvalue weighted by molar-refractivity contribution is 5.92. The van der Waals surface area contributed by atoms with Gasteiger partial charge in [-0.15, -0.1) is 0 Å². The Morgan fingerprint density at radius 1 is 1.45 bits per heavy atom. The van der Waals surface area contributed by atoms with E-state index in [4.69, 9.17) is 9.78 Å². The van der Waals surface area contributed by atoms with Crippen LogP contribution in [0.2, 0.25) is 0 Å². The minimum Gasteiger partial charge on any atom is -0.361 e. The van der Waals surface area contributed by atoms with E-state index in [1.54, 1.807) is 13.0 Å². The smallest absolute Gasteiger partial charge is 0.270 e. The normalized spacial score (nSPS) is 11.7. The van der Waals surface area contributed by atoms with Gasteiger partial charge >= 0.3 is 0 Å². The summed E-state index contributed by atoms with van der Waals surface area (Å²) in [5.74, 6) is 0.380. The summed E-state index contributed by atoms with van der Waals surface area (Å²) in [5.41, 5.74) is 2.30. The molecule has 6 nitrogen and oxygen atoms in total. The molecule has 0 fully saturated rings. The van der Waals surface area contributed by atoms with Crippen LogP contribution in [0.1, 0.15) is 46.0 Å². The molecule has 6 heteroatoms. The molecule has 0 aliphatic carbocycles. The van der Waals surface area contributed by atoms with E-state index in [1.165, 1.54) is 12.3 Å². The molecular formula is C14H14N4O2. The Balaban J connectivity index is 2.13. The van der Waals surface area contributed by atoms with E-state index in [0.717, 1.165) is 11.3 Å². The highest BCUT2D eigenvalue weighted by atomic mass is 16.5. The number of carbonyl (C=O) groups excluding carboxylic acids is 1. The van der Waals surface area contributed by atoms with Crippen molar-refractivity contribution in [3.8, 4) is 6.07 Å². The van der Waals surface area contributed by atoms with Gasteiger partial charge in [0.05, 0.1) is 17.3 Å². The van der Waals surface area contributed by atoms with Crippen molar-refractivity contribution >= 4 is 5.91 Å². The number of nitrogens with one attached hydrogen (secondary N) is 1. The number of hydrogen-bond donors (Lipinski definition) is 1. The first kappa shape index (κ1) is 13.7. The number of amides is 1. The maximum Gasteiger partial charge on any atom is 0.270 e. The number of rotatable bonds is 3. The highest BCUT2D eigenvalue weighted by Crippen LogP contribution is 2.21. The molecule has 2 rings (SSSR count). The molecule has 0 spiro atoms. The van der Waals surface area contributed by atoms with E-state index in [1.807, 2.05) is 19.9 Å². The van der Waals surface area contributed by atoms with Crippen LogP contribution in [0.3, 0.4) is 0 Å². The monoisotopic (exact) mass is 270 g/mol. The molecule has 0 saturated heterocycles. The summed E-state index contributed by atoms with van der Waals surface area (Å²) in [5, 5.41) is 15.4. The fraction of sp³-hybridized carbons (Fsp3) is 0.286. The van der Waals surface area contributed by atoms with E-state index in [2.05, 4.69) is 15.5 Å². The maximum absolute atomic E-state index is 12.1. The second-order valence-electron chi connectivity index (χ2n) is 4.48. The third-order valence-corrected chi connectivity index (χ3v) is 2.99. The third-order valence-electron chi connectivity index (χ3n) is 2.99. The molecule has 2 aromatic heterocycles. The summed E-state index contributed by atoms with van der Waals surface area (Å²) in [6.07, 6.45) is 1.37. The first-order valence-corrected chi connectivity index (χ1v) is 6.12. The molecule has 0 aliphatic heterocycles. The molecule has 1 atom stereocenters. The Morgan fingerprint density at radius 2 is 2.20 bits per heavy atom. The van der Waals surface area contributed by atoms with Gasteiger partial charge in [-0.25, -0.2) is 4.98 Å². The molecule has 0 bridgehead atoms. The van der Waals surface area contributed by atoms with E-state index in [-0.39, 0.29) is 17.6 Å². The van der Waals surface area contributed by atoms with Crippen molar-refractivity contribution in [3.05, 3.63) is 46.6 Å². The van der Waals surface area contributed by atoms with Gasteiger partial charge in [0.2, 0.25) is 0 Å². The van der Waals surface area contributed by atoms with Gasteiger partial charge in [0.1, 0.15) is 17.5 Å². The first-order valence-electron chi connectivity index (χ1n) is 6.12. The number of nitriles is 1. The summed E-state index contributed by atoms with van der Waals surface area (Å²) in [4.78, 5) is 16.0. The minimum atomic E-state index is -0.304. The van der Waals surface area contributed by atoms with E-state index < -0.39 is 0 Å². The SMILES string of the molecule is Cc1noc(C)c1C(C)NC(=O)c1ccc(C#N)cn1. The second kappa shape index (κ2) is 5.53. The lowest BCUT2D eigenvalue weighted by molar-refractivity contribution is 0.0934. The van der Waals surface area contributed by atoms with Crippen LogP contribution in [0.25, 0.3) is 0 Å². The zero-order chi connectivity index (χ0) is 14.7. The molecular weight excluding hydrogens is 256 g/mol. The Labute approximate surface area is 116 Å². The number of carbonyl (C=O) groups is 1. The fourth-order valence-corrected chi connectivity index (χ4v) is 2.05. The Morgan fingerprint density at radius 3 is 2.70 bits per heavy atom. The van der Waals surface area contributed by atoms with Crippen molar-refractivity contribution in [2.24, 2.45) is 0 Å². The van der Waals surface area contributed by atoms with Gasteiger partial charge in [-0.3, -0.25) is 4.79 Å². The minimum absolute atomic E-state index is 0.230. The number of aromatic nitrogens is 2. The quantitative estimate of drug-likeness (QED) is 0.921. The van der Waals surface area contributed by atoms with Crippen molar-refractivity contribution in [1.29, 1.82) is 5.26 Å². The Hall–Kier alpha value is -2.68. The number of pyridine rings is 1. The van der Waals surface area contributed by atoms with Crippen molar-refractivity contribution in [1.82, 2.24) is 15.5 Å². The van der Waals surface area contributed by atoms with Gasteiger partial charge in [-0.05, 0) is 32.9 Å². The van der Waals surface area contributed by atoms with Crippen molar-refractivity contribution in [2.75, 3.05) is 0 Å². The third kappa shape index (κ3) is 2.67. The zero-order valence-corrected chi connectivity index (χ0v) is 11.5. The number of aryl methyl sites for hydroxylation is 2. The molecule has 2 aromatic rings. The average Bonchev–Trinajstić information content (AvgIpc) is 2.78. The van der Waals surface area contributed by atoms with E-state index >= 15 is 0 Å². The van der Waals surface area contributed by atoms with Crippen molar-refractivity contribution in [2.45, 2.75) is 26.8 Å². The lowest BCUT2D eigenvalue weighted by Crippen LogP contribution is -2.28. The summed E-state index contributed by atoms with van der Waals surface area (Å²) in [6, 6.07) is 4.81. The zero-order valence-electron chi connectivity index (χ0n) is 11.5. The molecule has 0 saturated carbocycles. The van der Waals surface area contributed by atoms with Crippen LogP contribution in [0, 0.1) is 25.2 Å². The molecule has 1 N–H and O–H groups in total. The van der Waals surface area contributed by atoms with Crippen LogP contribution in [0.4, 0.5) is 0 Å². The van der Waals surface area contributed by atoms with Crippen LogP contribution in [-0.4, -0.2) is 16.0 Å². The van der Waals surface area contributed by atoms with Crippen LogP contribution in [0.5, 0.6) is 0 Å². The van der Waals surface area contributed by atoms with Gasteiger partial charge in [0.15, 0.2) is 0 Å². The molecule has 0 aromatic carbocycles. The fourth-order valence-electron chi connectivity index (χ4n) is 2.05. The number of hydrogen-bond acceptors (Lipinski definition) is 5. The molecule has 20 heavy (non-hydrogen) atoms. The molecule has 1 amide bonds. The largest absolute Gasteiger partial charge is 0.361 e. The summed E-state index contributed by atoms with van der Waals surface area (Å²) in [7, 11) is 0. The average molecular weight is 270 g/mol. The second-order valence-corrected chi connectivity index (χ2v) is 4.48. The highest BCUT2D eigenvalue weighted by Gasteiger charge is 2.19. The topological polar surface area (TPSA) is 91.8 Å². The van der Waals surface area contributed by atoms with Crippen LogP contribution in [0.15, 0.2) is 22.9 Å². The van der Waals surface area contributed by atoms with Crippen molar-refractivity contribution in [3.63, 3.8) is 0 Å².